The fourth-order valence-corrected chi connectivity index (χ4v) is 3.54. The maximum Gasteiger partial charge on any atom is 0.191 e. The van der Waals surface area contributed by atoms with Crippen molar-refractivity contribution in [3.63, 3.8) is 0 Å². The van der Waals surface area contributed by atoms with Gasteiger partial charge in [0.05, 0.1) is 12.1 Å². The van der Waals surface area contributed by atoms with Gasteiger partial charge in [-0.05, 0) is 31.9 Å². The van der Waals surface area contributed by atoms with Crippen molar-refractivity contribution in [2.24, 2.45) is 10.4 Å². The molecule has 27 heavy (non-hydrogen) atoms. The van der Waals surface area contributed by atoms with Gasteiger partial charge in [-0.25, -0.2) is 9.98 Å². The van der Waals surface area contributed by atoms with E-state index in [1.807, 2.05) is 12.1 Å². The second-order valence-electron chi connectivity index (χ2n) is 7.79. The number of nitrogens with zero attached hydrogens (tertiary/aromatic N) is 3. The molecule has 0 amide bonds. The summed E-state index contributed by atoms with van der Waals surface area (Å²) in [5, 5.41) is 13.7. The Morgan fingerprint density at radius 1 is 1.37 bits per heavy atom. The minimum Gasteiger partial charge on any atom is -0.378 e. The molecule has 2 atom stereocenters. The van der Waals surface area contributed by atoms with Gasteiger partial charge in [-0.15, -0.1) is 0 Å². The third-order valence-corrected chi connectivity index (χ3v) is 5.97. The van der Waals surface area contributed by atoms with Crippen molar-refractivity contribution in [1.82, 2.24) is 25.8 Å². The highest BCUT2D eigenvalue weighted by molar-refractivity contribution is 5.80. The van der Waals surface area contributed by atoms with E-state index in [4.69, 9.17) is 9.73 Å². The smallest absolute Gasteiger partial charge is 0.191 e. The van der Waals surface area contributed by atoms with Crippen LogP contribution in [0.1, 0.15) is 39.7 Å². The molecule has 146 valence electrons. The lowest BCUT2D eigenvalue weighted by Crippen LogP contribution is -2.69. The number of hydrogen-bond donors (Lipinski definition) is 3. The van der Waals surface area contributed by atoms with Crippen LogP contribution in [0.4, 0.5) is 0 Å². The lowest BCUT2D eigenvalue weighted by Gasteiger charge is -2.59. The van der Waals surface area contributed by atoms with Crippen LogP contribution in [0.5, 0.6) is 0 Å². The first-order chi connectivity index (χ1) is 12.9. The predicted molar refractivity (Wildman–Crippen MR) is 107 cm³/mol. The number of guanidine groups is 1. The van der Waals surface area contributed by atoms with Gasteiger partial charge in [0.1, 0.15) is 6.33 Å². The number of methoxy groups -OCH3 is 1. The van der Waals surface area contributed by atoms with Crippen LogP contribution in [0.2, 0.25) is 0 Å². The average Bonchev–Trinajstić information content (AvgIpc) is 3.20. The van der Waals surface area contributed by atoms with Crippen LogP contribution in [-0.2, 0) is 11.3 Å². The molecule has 1 aromatic heterocycles. The number of aliphatic imine (C=N–C) groups is 1. The van der Waals surface area contributed by atoms with E-state index in [0.717, 1.165) is 35.9 Å². The van der Waals surface area contributed by atoms with Crippen molar-refractivity contribution in [2.45, 2.75) is 52.3 Å². The van der Waals surface area contributed by atoms with Crippen molar-refractivity contribution >= 4 is 5.96 Å². The Bertz CT molecular complexity index is 786. The van der Waals surface area contributed by atoms with Gasteiger partial charge in [0.15, 0.2) is 11.8 Å². The minimum atomic E-state index is -0.104. The van der Waals surface area contributed by atoms with E-state index in [1.54, 1.807) is 7.11 Å². The highest BCUT2D eigenvalue weighted by atomic mass is 16.5. The fourth-order valence-electron chi connectivity index (χ4n) is 3.54. The maximum atomic E-state index is 5.72. The molecule has 0 bridgehead atoms. The molecule has 0 saturated heterocycles. The number of nitrogens with one attached hydrogen (secondary N) is 3. The van der Waals surface area contributed by atoms with E-state index in [9.17, 15) is 0 Å². The topological polar surface area (TPSA) is 87.2 Å². The summed E-state index contributed by atoms with van der Waals surface area (Å²) in [6.07, 6.45) is 2.48. The number of aromatic amines is 1. The van der Waals surface area contributed by atoms with E-state index < -0.39 is 0 Å². The molecule has 3 rings (SSSR count). The van der Waals surface area contributed by atoms with Crippen LogP contribution >= 0.6 is 0 Å². The summed E-state index contributed by atoms with van der Waals surface area (Å²) in [5.74, 6) is 1.60. The molecule has 1 aromatic carbocycles. The van der Waals surface area contributed by atoms with Crippen LogP contribution in [0.25, 0.3) is 11.4 Å². The summed E-state index contributed by atoms with van der Waals surface area (Å²) in [4.78, 5) is 8.98. The Labute approximate surface area is 161 Å². The minimum absolute atomic E-state index is 0.0319. The number of hydrogen-bond acceptors (Lipinski definition) is 4. The molecule has 3 N–H and O–H groups in total. The SMILES string of the molecule is CCNC(=NCc1cccc(-c2ncn[nH]2)c1)NC1CC(C)(OC)C1(C)C. The summed E-state index contributed by atoms with van der Waals surface area (Å²) >= 11 is 0. The van der Waals surface area contributed by atoms with Gasteiger partial charge < -0.3 is 15.4 Å². The van der Waals surface area contributed by atoms with Crippen LogP contribution in [0, 0.1) is 5.41 Å². The van der Waals surface area contributed by atoms with Gasteiger partial charge in [-0.2, -0.15) is 5.10 Å². The summed E-state index contributed by atoms with van der Waals surface area (Å²) in [6, 6.07) is 8.51. The van der Waals surface area contributed by atoms with Crippen LogP contribution in [-0.4, -0.2) is 46.4 Å². The zero-order valence-electron chi connectivity index (χ0n) is 16.8. The van der Waals surface area contributed by atoms with Crippen molar-refractivity contribution in [3.8, 4) is 11.4 Å². The summed E-state index contributed by atoms with van der Waals surface area (Å²) in [5.41, 5.74) is 2.06. The first kappa shape index (κ1) is 19.4. The van der Waals surface area contributed by atoms with Crippen LogP contribution in [0.15, 0.2) is 35.6 Å². The zero-order chi connectivity index (χ0) is 19.5. The van der Waals surface area contributed by atoms with Crippen molar-refractivity contribution in [3.05, 3.63) is 36.2 Å². The van der Waals surface area contributed by atoms with Gasteiger partial charge >= 0.3 is 0 Å². The Morgan fingerprint density at radius 2 is 2.19 bits per heavy atom. The molecule has 1 saturated carbocycles. The number of rotatable bonds is 6. The largest absolute Gasteiger partial charge is 0.378 e. The van der Waals surface area contributed by atoms with E-state index in [2.05, 4.69) is 65.6 Å². The van der Waals surface area contributed by atoms with Crippen molar-refractivity contribution in [1.29, 1.82) is 0 Å². The molecule has 0 aliphatic heterocycles. The number of aromatic nitrogens is 3. The second-order valence-corrected chi connectivity index (χ2v) is 7.79. The van der Waals surface area contributed by atoms with Gasteiger partial charge in [0, 0.05) is 30.7 Å². The molecule has 2 unspecified atom stereocenters. The summed E-state index contributed by atoms with van der Waals surface area (Å²) in [6.45, 7) is 10.1. The van der Waals surface area contributed by atoms with Crippen LogP contribution < -0.4 is 10.6 Å². The maximum absolute atomic E-state index is 5.72. The third kappa shape index (κ3) is 3.83. The summed E-state index contributed by atoms with van der Waals surface area (Å²) < 4.78 is 5.72. The molecule has 0 spiro atoms. The van der Waals surface area contributed by atoms with E-state index in [-0.39, 0.29) is 11.0 Å². The molecule has 1 aliphatic rings. The Kier molecular flexibility index (Phi) is 5.51. The molecule has 1 aliphatic carbocycles. The Morgan fingerprint density at radius 3 is 2.81 bits per heavy atom. The van der Waals surface area contributed by atoms with E-state index in [1.165, 1.54) is 6.33 Å². The van der Waals surface area contributed by atoms with Gasteiger partial charge in [-0.3, -0.25) is 5.10 Å². The molecule has 7 nitrogen and oxygen atoms in total. The third-order valence-electron chi connectivity index (χ3n) is 5.97. The quantitative estimate of drug-likeness (QED) is 0.538. The molecule has 7 heteroatoms. The zero-order valence-corrected chi connectivity index (χ0v) is 16.8. The van der Waals surface area contributed by atoms with Gasteiger partial charge in [0.25, 0.3) is 0 Å². The standard InChI is InChI=1S/C20H30N6O/c1-6-21-18(25-16-11-20(4,27-5)19(16,2)3)22-12-14-8-7-9-15(10-14)17-23-13-24-26-17/h7-10,13,16H,6,11-12H2,1-5H3,(H2,21,22,25)(H,23,24,26). The Balaban J connectivity index is 1.69. The highest BCUT2D eigenvalue weighted by Gasteiger charge is 2.58. The molecule has 0 radical (unpaired) electrons. The van der Waals surface area contributed by atoms with Crippen molar-refractivity contribution < 1.29 is 4.74 Å². The van der Waals surface area contributed by atoms with Gasteiger partial charge in [0.2, 0.25) is 0 Å². The highest BCUT2D eigenvalue weighted by Crippen LogP contribution is 2.51. The average molecular weight is 371 g/mol. The lowest BCUT2D eigenvalue weighted by atomic mass is 9.56. The first-order valence-electron chi connectivity index (χ1n) is 9.44. The van der Waals surface area contributed by atoms with Gasteiger partial charge in [-0.1, -0.05) is 32.0 Å². The number of benzene rings is 1. The second kappa shape index (κ2) is 7.68. The first-order valence-corrected chi connectivity index (χ1v) is 9.44. The normalized spacial score (nSPS) is 24.3. The van der Waals surface area contributed by atoms with E-state index >= 15 is 0 Å². The lowest BCUT2D eigenvalue weighted by molar-refractivity contribution is -0.176. The molecular formula is C20H30N6O. The fraction of sp³-hybridized carbons (Fsp3) is 0.550. The monoisotopic (exact) mass is 370 g/mol. The van der Waals surface area contributed by atoms with Crippen molar-refractivity contribution in [2.75, 3.05) is 13.7 Å². The molecular weight excluding hydrogens is 340 g/mol. The predicted octanol–water partition coefficient (Wildman–Crippen LogP) is 2.73. The number of H-pyrrole nitrogens is 1. The Hall–Kier alpha value is -2.41. The van der Waals surface area contributed by atoms with Crippen LogP contribution in [0.3, 0.4) is 0 Å². The van der Waals surface area contributed by atoms with E-state index in [0.29, 0.717) is 12.6 Å². The molecule has 1 heterocycles. The molecule has 1 fully saturated rings. The molecule has 2 aromatic rings. The summed E-state index contributed by atoms with van der Waals surface area (Å²) in [7, 11) is 1.79. The number of ether oxygens (including phenoxy) is 1.